The molecule has 0 radical (unpaired) electrons. The predicted molar refractivity (Wildman–Crippen MR) is 278 cm³/mol. The zero-order valence-corrected chi connectivity index (χ0v) is 42.5. The van der Waals surface area contributed by atoms with E-state index in [0.717, 1.165) is 0 Å². The molecule has 26 heteroatoms. The van der Waals surface area contributed by atoms with Crippen LogP contribution in [0, 0.1) is 0 Å². The van der Waals surface area contributed by atoms with E-state index >= 15 is 0 Å². The molecule has 0 saturated carbocycles. The Balaban J connectivity index is 1.21. The molecule has 2 aromatic rings. The van der Waals surface area contributed by atoms with Crippen LogP contribution in [0.2, 0.25) is 0 Å². The van der Waals surface area contributed by atoms with Crippen LogP contribution in [0.15, 0.2) is 70.6 Å². The van der Waals surface area contributed by atoms with E-state index in [1.54, 1.807) is 60.7 Å². The van der Waals surface area contributed by atoms with Crippen LogP contribution in [0.25, 0.3) is 0 Å². The maximum atomic E-state index is 14.1. The molecule has 3 aliphatic heterocycles. The first-order valence-electron chi connectivity index (χ1n) is 25.6. The summed E-state index contributed by atoms with van der Waals surface area (Å²) in [4.78, 5) is 134. The maximum absolute atomic E-state index is 14.1. The Labute approximate surface area is 440 Å². The molecule has 0 aromatic heterocycles. The lowest BCUT2D eigenvalue weighted by atomic mass is 10.0. The minimum atomic E-state index is -1.59. The zero-order valence-electron chi connectivity index (χ0n) is 42.5. The van der Waals surface area contributed by atoms with E-state index in [-0.39, 0.29) is 69.6 Å². The van der Waals surface area contributed by atoms with Gasteiger partial charge in [0.2, 0.25) is 47.3 Å². The molecule has 26 nitrogen and oxygen atoms in total. The molecule has 3 fully saturated rings. The number of likely N-dealkylation sites (tertiary alicyclic amines) is 3. The SMILES string of the molecule is NC(N)=NCCC[C@H](NC(=O)[C@H](Cc1ccccc1)NC(=O)[C@H]1CCCN1C(=O)[C@H](CO)NC(=O)[C@H](Cc1ccccc1)NC(=O)CNC(=O)[C@@H]1CCCN1C(=O)[C@@H]1CCCN1C(=O)[C@@H](N)CCCN=C(N)N)C(=O)O. The van der Waals surface area contributed by atoms with Crippen LogP contribution in [0.1, 0.15) is 75.3 Å². The molecule has 3 saturated heterocycles. The van der Waals surface area contributed by atoms with Crippen LogP contribution in [0.5, 0.6) is 0 Å². The molecule has 0 spiro atoms. The summed E-state index contributed by atoms with van der Waals surface area (Å²) in [5.41, 5.74) is 29.0. The standard InChI is InChI=1S/C50H73N15O11/c51-32(16-7-21-56-49(52)53)45(72)65-25-11-20-39(65)47(74)64-24-9-18-37(64)43(70)58-28-40(67)59-34(26-30-12-3-1-4-13-30)41(68)62-36(29-66)46(73)63-23-10-19-38(63)44(71)61-35(27-31-14-5-2-6-15-31)42(69)60-33(48(75)76)17-8-22-57-50(54)55/h1-6,12-15,32-39,66H,7-11,16-29,51H2,(H,58,70)(H,59,67)(H,60,69)(H,61,71)(H,62,68)(H,75,76)(H4,52,53,56)(H4,54,55,57)/t32-,33-,34-,35-,36-,37-,38+,39-/m0/s1. The highest BCUT2D eigenvalue weighted by atomic mass is 16.4. The van der Waals surface area contributed by atoms with Gasteiger partial charge in [-0.3, -0.25) is 48.3 Å². The first-order valence-corrected chi connectivity index (χ1v) is 25.6. The van der Waals surface area contributed by atoms with Crippen molar-refractivity contribution in [1.29, 1.82) is 0 Å². The fourth-order valence-corrected chi connectivity index (χ4v) is 9.55. The molecule has 0 aliphatic carbocycles. The molecule has 414 valence electrons. The van der Waals surface area contributed by atoms with Gasteiger partial charge in [-0.2, -0.15) is 0 Å². The van der Waals surface area contributed by atoms with Crippen molar-refractivity contribution in [3.8, 4) is 0 Å². The Hall–Kier alpha value is -7.87. The van der Waals surface area contributed by atoms with E-state index < -0.39 is 109 Å². The number of aliphatic hydroxyl groups excluding tert-OH is 1. The Morgan fingerprint density at radius 1 is 0.579 bits per heavy atom. The van der Waals surface area contributed by atoms with Gasteiger partial charge >= 0.3 is 5.97 Å². The zero-order chi connectivity index (χ0) is 55.3. The smallest absolute Gasteiger partial charge is 0.326 e. The number of guanidine groups is 2. The summed E-state index contributed by atoms with van der Waals surface area (Å²) in [6.07, 6.45) is 3.13. The van der Waals surface area contributed by atoms with Crippen molar-refractivity contribution in [1.82, 2.24) is 41.3 Å². The molecular weight excluding hydrogens is 987 g/mol. The van der Waals surface area contributed by atoms with Gasteiger partial charge in [0.15, 0.2) is 11.9 Å². The summed E-state index contributed by atoms with van der Waals surface area (Å²) in [5, 5.41) is 33.3. The Morgan fingerprint density at radius 3 is 1.58 bits per heavy atom. The van der Waals surface area contributed by atoms with E-state index in [4.69, 9.17) is 28.7 Å². The maximum Gasteiger partial charge on any atom is 0.326 e. The molecule has 17 N–H and O–H groups in total. The Bertz CT molecular complexity index is 2400. The number of amides is 8. The molecule has 3 heterocycles. The molecule has 2 aromatic carbocycles. The number of carboxylic acid groups (broad SMARTS) is 1. The van der Waals surface area contributed by atoms with Crippen LogP contribution in [-0.2, 0) is 56.0 Å². The second kappa shape index (κ2) is 29.3. The molecule has 8 amide bonds. The van der Waals surface area contributed by atoms with E-state index in [1.807, 2.05) is 0 Å². The monoisotopic (exact) mass is 1060 g/mol. The summed E-state index contributed by atoms with van der Waals surface area (Å²) in [6.45, 7) is -0.442. The van der Waals surface area contributed by atoms with Crippen molar-refractivity contribution >= 4 is 65.1 Å². The van der Waals surface area contributed by atoms with Gasteiger partial charge in [0, 0.05) is 45.6 Å². The fraction of sp³-hybridized carbons (Fsp3) is 0.540. The number of nitrogens with two attached hydrogens (primary N) is 5. The molecule has 0 unspecified atom stereocenters. The van der Waals surface area contributed by atoms with Crippen LogP contribution < -0.4 is 55.3 Å². The third kappa shape index (κ3) is 17.4. The number of benzene rings is 2. The summed E-state index contributed by atoms with van der Waals surface area (Å²) in [7, 11) is 0. The van der Waals surface area contributed by atoms with E-state index in [9.17, 15) is 53.4 Å². The first kappa shape index (κ1) is 59.0. The Kier molecular flexibility index (Phi) is 22.7. The van der Waals surface area contributed by atoms with Crippen molar-refractivity contribution in [2.75, 3.05) is 45.9 Å². The highest BCUT2D eigenvalue weighted by molar-refractivity contribution is 5.98. The van der Waals surface area contributed by atoms with Crippen LogP contribution in [0.4, 0.5) is 0 Å². The van der Waals surface area contributed by atoms with Crippen molar-refractivity contribution in [2.24, 2.45) is 38.7 Å². The minimum Gasteiger partial charge on any atom is -0.480 e. The van der Waals surface area contributed by atoms with Crippen LogP contribution in [-0.4, -0.2) is 184 Å². The average Bonchev–Trinajstić information content (AvgIpc) is 4.22. The predicted octanol–water partition coefficient (Wildman–Crippen LogP) is -3.99. The highest BCUT2D eigenvalue weighted by Gasteiger charge is 2.44. The molecule has 5 rings (SSSR count). The van der Waals surface area contributed by atoms with Crippen molar-refractivity contribution in [3.63, 3.8) is 0 Å². The van der Waals surface area contributed by atoms with Crippen molar-refractivity contribution in [2.45, 2.75) is 125 Å². The number of aliphatic carboxylic acids is 1. The number of nitrogens with zero attached hydrogens (tertiary/aromatic N) is 5. The number of carbonyl (C=O) groups is 9. The number of aliphatic imine (C=N–C) groups is 2. The van der Waals surface area contributed by atoms with Gasteiger partial charge in [-0.25, -0.2) is 4.79 Å². The van der Waals surface area contributed by atoms with Gasteiger partial charge < -0.3 is 80.2 Å². The minimum absolute atomic E-state index is 0.0209. The third-order valence-electron chi connectivity index (χ3n) is 13.4. The second-order valence-corrected chi connectivity index (χ2v) is 19.0. The van der Waals surface area contributed by atoms with Gasteiger partial charge in [0.05, 0.1) is 19.2 Å². The highest BCUT2D eigenvalue weighted by Crippen LogP contribution is 2.26. The normalized spacial score (nSPS) is 19.0. The second-order valence-electron chi connectivity index (χ2n) is 19.0. The average molecular weight is 1060 g/mol. The molecular formula is C50H73N15O11. The lowest BCUT2D eigenvalue weighted by molar-refractivity contribution is -0.147. The summed E-state index contributed by atoms with van der Waals surface area (Å²) >= 11 is 0. The van der Waals surface area contributed by atoms with Gasteiger partial charge in [0.25, 0.3) is 0 Å². The third-order valence-corrected chi connectivity index (χ3v) is 13.4. The summed E-state index contributed by atoms with van der Waals surface area (Å²) < 4.78 is 0. The number of carboxylic acids is 1. The van der Waals surface area contributed by atoms with E-state index in [2.05, 4.69) is 36.6 Å². The topological polar surface area (TPSA) is 419 Å². The number of nitrogens with one attached hydrogen (secondary N) is 5. The van der Waals surface area contributed by atoms with Gasteiger partial charge in [0.1, 0.15) is 42.3 Å². The van der Waals surface area contributed by atoms with Gasteiger partial charge in [-0.1, -0.05) is 60.7 Å². The lowest BCUT2D eigenvalue weighted by Gasteiger charge is -2.32. The lowest BCUT2D eigenvalue weighted by Crippen LogP contribution is -2.60. The largest absolute Gasteiger partial charge is 0.480 e. The molecule has 0 bridgehead atoms. The first-order chi connectivity index (χ1) is 36.4. The van der Waals surface area contributed by atoms with Gasteiger partial charge in [-0.05, 0) is 75.3 Å². The number of hydrogen-bond acceptors (Lipinski definition) is 13. The Morgan fingerprint density at radius 2 is 1.05 bits per heavy atom. The molecule has 76 heavy (non-hydrogen) atoms. The number of rotatable bonds is 27. The molecule has 3 aliphatic rings. The van der Waals surface area contributed by atoms with E-state index in [0.29, 0.717) is 69.2 Å². The summed E-state index contributed by atoms with van der Waals surface area (Å²) in [5.74, 6) is -6.93. The number of carbonyl (C=O) groups excluding carboxylic acids is 8. The van der Waals surface area contributed by atoms with Crippen LogP contribution >= 0.6 is 0 Å². The molecule has 8 atom stereocenters. The quantitative estimate of drug-likeness (QED) is 0.0231. The van der Waals surface area contributed by atoms with Gasteiger partial charge in [-0.15, -0.1) is 0 Å². The van der Waals surface area contributed by atoms with E-state index in [1.165, 1.54) is 14.7 Å². The summed E-state index contributed by atoms with van der Waals surface area (Å²) in [6, 6.07) is 8.00. The van der Waals surface area contributed by atoms with Crippen molar-refractivity contribution < 1.29 is 53.4 Å². The number of hydrogen-bond donors (Lipinski definition) is 12. The van der Waals surface area contributed by atoms with Crippen LogP contribution in [0.3, 0.4) is 0 Å². The number of aliphatic hydroxyl groups is 1. The fourth-order valence-electron chi connectivity index (χ4n) is 9.55. The van der Waals surface area contributed by atoms with Crippen molar-refractivity contribution in [3.05, 3.63) is 71.8 Å².